The van der Waals surface area contributed by atoms with Gasteiger partial charge in [0.15, 0.2) is 0 Å². The Hall–Kier alpha value is -2.88. The summed E-state index contributed by atoms with van der Waals surface area (Å²) in [5, 5.41) is 21.0. The van der Waals surface area contributed by atoms with Gasteiger partial charge in [-0.25, -0.2) is 9.59 Å². The Kier molecular flexibility index (Phi) is 2.64. The second-order valence-corrected chi connectivity index (χ2v) is 4.49. The minimum Gasteiger partial charge on any atom is -0.478 e. The smallest absolute Gasteiger partial charge is 0.336 e. The Morgan fingerprint density at radius 1 is 0.800 bits per heavy atom. The summed E-state index contributed by atoms with van der Waals surface area (Å²) in [6.07, 6.45) is 0. The van der Waals surface area contributed by atoms with Crippen molar-refractivity contribution in [3.8, 4) is 0 Å². The fourth-order valence-corrected chi connectivity index (χ4v) is 2.52. The van der Waals surface area contributed by atoms with Crippen LogP contribution in [0.5, 0.6) is 0 Å². The van der Waals surface area contributed by atoms with Crippen molar-refractivity contribution in [2.75, 3.05) is 0 Å². The number of hydrogen-bond acceptors (Lipinski definition) is 2. The van der Waals surface area contributed by atoms with Crippen LogP contribution in [0.3, 0.4) is 0 Å². The first-order valence-corrected chi connectivity index (χ1v) is 6.00. The van der Waals surface area contributed by atoms with Crippen LogP contribution >= 0.6 is 0 Å². The van der Waals surface area contributed by atoms with E-state index in [1.165, 1.54) is 6.07 Å². The zero-order chi connectivity index (χ0) is 14.3. The lowest BCUT2D eigenvalue weighted by molar-refractivity contribution is 0.0696. The van der Waals surface area contributed by atoms with Crippen LogP contribution in [0.15, 0.2) is 48.5 Å². The maximum Gasteiger partial charge on any atom is 0.336 e. The number of carboxylic acid groups (broad SMARTS) is 2. The van der Waals surface area contributed by atoms with Gasteiger partial charge in [-0.1, -0.05) is 36.4 Å². The SMILES string of the molecule is O=C(O)c1cccc2cc3ccccc3c(C(=O)O)c12. The minimum absolute atomic E-state index is 0.00523. The van der Waals surface area contributed by atoms with Crippen LogP contribution in [0.1, 0.15) is 20.7 Å². The summed E-state index contributed by atoms with van der Waals surface area (Å²) >= 11 is 0. The fraction of sp³-hybridized carbons (Fsp3) is 0. The van der Waals surface area contributed by atoms with Crippen LogP contribution in [0, 0.1) is 0 Å². The van der Waals surface area contributed by atoms with Crippen molar-refractivity contribution in [3.63, 3.8) is 0 Å². The molecule has 4 nitrogen and oxygen atoms in total. The predicted octanol–water partition coefficient (Wildman–Crippen LogP) is 3.39. The van der Waals surface area contributed by atoms with Gasteiger partial charge in [-0.15, -0.1) is 0 Å². The number of rotatable bonds is 2. The van der Waals surface area contributed by atoms with Gasteiger partial charge in [0.25, 0.3) is 0 Å². The predicted molar refractivity (Wildman–Crippen MR) is 75.4 cm³/mol. The highest BCUT2D eigenvalue weighted by atomic mass is 16.4. The van der Waals surface area contributed by atoms with Gasteiger partial charge in [-0.3, -0.25) is 0 Å². The summed E-state index contributed by atoms with van der Waals surface area (Å²) in [5.41, 5.74) is 0.0433. The number of fused-ring (bicyclic) bond motifs is 2. The Balaban J connectivity index is 2.63. The van der Waals surface area contributed by atoms with E-state index in [1.54, 1.807) is 24.3 Å². The average Bonchev–Trinajstić information content (AvgIpc) is 2.43. The molecule has 0 spiro atoms. The van der Waals surface area contributed by atoms with E-state index in [1.807, 2.05) is 18.2 Å². The Bertz CT molecular complexity index is 865. The lowest BCUT2D eigenvalue weighted by Crippen LogP contribution is -2.05. The van der Waals surface area contributed by atoms with Crippen LogP contribution in [-0.2, 0) is 0 Å². The van der Waals surface area contributed by atoms with Crippen molar-refractivity contribution < 1.29 is 19.8 Å². The van der Waals surface area contributed by atoms with E-state index in [4.69, 9.17) is 0 Å². The molecule has 0 saturated carbocycles. The molecule has 0 heterocycles. The number of carbonyl (C=O) groups is 2. The lowest BCUT2D eigenvalue weighted by Gasteiger charge is -2.10. The summed E-state index contributed by atoms with van der Waals surface area (Å²) < 4.78 is 0. The molecule has 0 radical (unpaired) electrons. The van der Waals surface area contributed by atoms with E-state index in [-0.39, 0.29) is 16.5 Å². The molecule has 0 bridgehead atoms. The zero-order valence-corrected chi connectivity index (χ0v) is 10.3. The third-order valence-corrected chi connectivity index (χ3v) is 3.33. The fourth-order valence-electron chi connectivity index (χ4n) is 2.52. The first kappa shape index (κ1) is 12.2. The standard InChI is InChI=1S/C16H10O4/c17-15(18)12-7-3-5-10-8-9-4-1-2-6-11(9)14(13(10)12)16(19)20/h1-8H,(H,17,18)(H,19,20). The molecule has 3 aromatic carbocycles. The van der Waals surface area contributed by atoms with Gasteiger partial charge in [0, 0.05) is 5.39 Å². The molecule has 0 fully saturated rings. The molecule has 3 rings (SSSR count). The third-order valence-electron chi connectivity index (χ3n) is 3.33. The molecule has 2 N–H and O–H groups in total. The van der Waals surface area contributed by atoms with Crippen molar-refractivity contribution in [3.05, 3.63) is 59.7 Å². The number of carboxylic acids is 2. The summed E-state index contributed by atoms with van der Waals surface area (Å²) in [4.78, 5) is 22.9. The Morgan fingerprint density at radius 3 is 2.20 bits per heavy atom. The molecule has 0 atom stereocenters. The molecule has 20 heavy (non-hydrogen) atoms. The second kappa shape index (κ2) is 4.35. The average molecular weight is 266 g/mol. The summed E-state index contributed by atoms with van der Waals surface area (Å²) in [5.74, 6) is -2.26. The largest absolute Gasteiger partial charge is 0.478 e. The van der Waals surface area contributed by atoms with Gasteiger partial charge in [-0.05, 0) is 28.3 Å². The van der Waals surface area contributed by atoms with E-state index in [0.717, 1.165) is 5.39 Å². The van der Waals surface area contributed by atoms with Gasteiger partial charge in [0.05, 0.1) is 11.1 Å². The normalized spacial score (nSPS) is 10.8. The van der Waals surface area contributed by atoms with E-state index in [2.05, 4.69) is 0 Å². The van der Waals surface area contributed by atoms with Crippen molar-refractivity contribution >= 4 is 33.5 Å². The van der Waals surface area contributed by atoms with Gasteiger partial charge in [0.1, 0.15) is 0 Å². The zero-order valence-electron chi connectivity index (χ0n) is 10.3. The highest BCUT2D eigenvalue weighted by Gasteiger charge is 2.19. The molecular formula is C16H10O4. The summed E-state index contributed by atoms with van der Waals surface area (Å²) in [6, 6.07) is 13.6. The third kappa shape index (κ3) is 1.70. The summed E-state index contributed by atoms with van der Waals surface area (Å²) in [7, 11) is 0. The quantitative estimate of drug-likeness (QED) is 0.697. The number of hydrogen-bond donors (Lipinski definition) is 2. The minimum atomic E-state index is -1.13. The number of benzene rings is 3. The Morgan fingerprint density at radius 2 is 1.50 bits per heavy atom. The van der Waals surface area contributed by atoms with Crippen LogP contribution in [0.4, 0.5) is 0 Å². The van der Waals surface area contributed by atoms with Gasteiger partial charge < -0.3 is 10.2 Å². The van der Waals surface area contributed by atoms with E-state index in [0.29, 0.717) is 10.8 Å². The highest BCUT2D eigenvalue weighted by Crippen LogP contribution is 2.31. The van der Waals surface area contributed by atoms with Crippen molar-refractivity contribution in [2.24, 2.45) is 0 Å². The van der Waals surface area contributed by atoms with Crippen LogP contribution < -0.4 is 0 Å². The maximum absolute atomic E-state index is 11.6. The molecular weight excluding hydrogens is 256 g/mol. The first-order chi connectivity index (χ1) is 9.59. The van der Waals surface area contributed by atoms with Crippen LogP contribution in [0.25, 0.3) is 21.5 Å². The molecule has 3 aromatic rings. The van der Waals surface area contributed by atoms with Crippen molar-refractivity contribution in [1.82, 2.24) is 0 Å². The topological polar surface area (TPSA) is 74.6 Å². The van der Waals surface area contributed by atoms with Gasteiger partial charge >= 0.3 is 11.9 Å². The molecule has 0 aliphatic carbocycles. The molecule has 0 aliphatic rings. The molecule has 0 saturated heterocycles. The van der Waals surface area contributed by atoms with E-state index in [9.17, 15) is 19.8 Å². The highest BCUT2D eigenvalue weighted by molar-refractivity contribution is 6.20. The van der Waals surface area contributed by atoms with Gasteiger partial charge in [0.2, 0.25) is 0 Å². The molecule has 0 amide bonds. The van der Waals surface area contributed by atoms with Crippen molar-refractivity contribution in [1.29, 1.82) is 0 Å². The van der Waals surface area contributed by atoms with Crippen molar-refractivity contribution in [2.45, 2.75) is 0 Å². The molecule has 0 aromatic heterocycles. The first-order valence-electron chi connectivity index (χ1n) is 6.00. The molecule has 0 aliphatic heterocycles. The molecule has 98 valence electrons. The van der Waals surface area contributed by atoms with E-state index < -0.39 is 11.9 Å². The van der Waals surface area contributed by atoms with Crippen LogP contribution in [0.2, 0.25) is 0 Å². The van der Waals surface area contributed by atoms with E-state index >= 15 is 0 Å². The number of aromatic carboxylic acids is 2. The Labute approximate surface area is 113 Å². The van der Waals surface area contributed by atoms with Gasteiger partial charge in [-0.2, -0.15) is 0 Å². The van der Waals surface area contributed by atoms with Crippen LogP contribution in [-0.4, -0.2) is 22.2 Å². The molecule has 0 unspecified atom stereocenters. The lowest BCUT2D eigenvalue weighted by atomic mass is 9.93. The summed E-state index contributed by atoms with van der Waals surface area (Å²) in [6.45, 7) is 0. The maximum atomic E-state index is 11.6. The molecule has 4 heteroatoms. The second-order valence-electron chi connectivity index (χ2n) is 4.49. The monoisotopic (exact) mass is 266 g/mol.